The van der Waals surface area contributed by atoms with Crippen LogP contribution in [0.2, 0.25) is 0 Å². The molecule has 9 heteroatoms. The highest BCUT2D eigenvalue weighted by molar-refractivity contribution is 6.03. The molecule has 2 aromatic heterocycles. The van der Waals surface area contributed by atoms with Crippen molar-refractivity contribution in [2.75, 3.05) is 5.32 Å². The number of benzene rings is 1. The SMILES string of the molecule is CC[C@H]1O[C@@H](c2ccncc2NC(=O)c2ccc(F)c(-c3c(F)cccc3F)n2)C[C@@H](O)[C@H]1C. The van der Waals surface area contributed by atoms with Crippen molar-refractivity contribution in [2.45, 2.75) is 45.0 Å². The van der Waals surface area contributed by atoms with Crippen molar-refractivity contribution < 1.29 is 27.8 Å². The molecule has 1 saturated heterocycles. The largest absolute Gasteiger partial charge is 0.393 e. The standard InChI is InChI=1S/C25H24F3N3O3/c1-3-21-13(2)20(32)11-22(34-21)14-9-10-29-12-19(14)31-25(33)18-8-7-17(28)24(30-18)23-15(26)5-4-6-16(23)27/h4-10,12-13,20-22,32H,3,11H2,1-2H3,(H,31,33)/t13-,20-,21-,22-/m1/s1. The van der Waals surface area contributed by atoms with E-state index in [4.69, 9.17) is 4.74 Å². The second-order valence-corrected chi connectivity index (χ2v) is 8.27. The van der Waals surface area contributed by atoms with Crippen LogP contribution in [0.15, 0.2) is 48.8 Å². The van der Waals surface area contributed by atoms with Crippen LogP contribution < -0.4 is 5.32 Å². The van der Waals surface area contributed by atoms with Gasteiger partial charge in [0.2, 0.25) is 0 Å². The molecule has 1 aromatic carbocycles. The van der Waals surface area contributed by atoms with E-state index in [0.29, 0.717) is 17.7 Å². The molecular weight excluding hydrogens is 447 g/mol. The molecule has 4 atom stereocenters. The number of anilines is 1. The van der Waals surface area contributed by atoms with Gasteiger partial charge in [0, 0.05) is 24.1 Å². The highest BCUT2D eigenvalue weighted by atomic mass is 19.1. The van der Waals surface area contributed by atoms with Crippen LogP contribution in [0.4, 0.5) is 18.9 Å². The van der Waals surface area contributed by atoms with E-state index in [1.165, 1.54) is 6.20 Å². The molecule has 1 amide bonds. The van der Waals surface area contributed by atoms with E-state index in [2.05, 4.69) is 15.3 Å². The molecule has 0 aliphatic carbocycles. The molecule has 1 fully saturated rings. The number of halogens is 3. The van der Waals surface area contributed by atoms with Gasteiger partial charge in [-0.1, -0.05) is 19.9 Å². The van der Waals surface area contributed by atoms with Crippen LogP contribution >= 0.6 is 0 Å². The number of aliphatic hydroxyl groups is 1. The van der Waals surface area contributed by atoms with Crippen molar-refractivity contribution in [1.82, 2.24) is 9.97 Å². The van der Waals surface area contributed by atoms with Crippen molar-refractivity contribution >= 4 is 11.6 Å². The van der Waals surface area contributed by atoms with Crippen molar-refractivity contribution in [3.63, 3.8) is 0 Å². The van der Waals surface area contributed by atoms with Crippen molar-refractivity contribution in [2.24, 2.45) is 5.92 Å². The number of nitrogens with one attached hydrogen (secondary N) is 1. The predicted molar refractivity (Wildman–Crippen MR) is 119 cm³/mol. The molecule has 34 heavy (non-hydrogen) atoms. The molecule has 6 nitrogen and oxygen atoms in total. The third-order valence-electron chi connectivity index (χ3n) is 6.12. The maximum absolute atomic E-state index is 14.4. The lowest BCUT2D eigenvalue weighted by atomic mass is 9.87. The summed E-state index contributed by atoms with van der Waals surface area (Å²) in [6.07, 6.45) is 2.85. The van der Waals surface area contributed by atoms with Gasteiger partial charge < -0.3 is 15.2 Å². The first-order chi connectivity index (χ1) is 16.3. The van der Waals surface area contributed by atoms with Crippen molar-refractivity contribution in [3.05, 3.63) is 77.5 Å². The zero-order valence-corrected chi connectivity index (χ0v) is 18.6. The van der Waals surface area contributed by atoms with Crippen LogP contribution in [0.25, 0.3) is 11.3 Å². The zero-order chi connectivity index (χ0) is 24.4. The number of rotatable bonds is 5. The van der Waals surface area contributed by atoms with Crippen molar-refractivity contribution in [1.29, 1.82) is 0 Å². The molecule has 0 spiro atoms. The smallest absolute Gasteiger partial charge is 0.274 e. The van der Waals surface area contributed by atoms with Gasteiger partial charge in [0.05, 0.1) is 35.8 Å². The van der Waals surface area contributed by atoms with Gasteiger partial charge in [0.15, 0.2) is 0 Å². The van der Waals surface area contributed by atoms with Crippen LogP contribution in [0.3, 0.4) is 0 Å². The highest BCUT2D eigenvalue weighted by Crippen LogP contribution is 2.38. The fourth-order valence-corrected chi connectivity index (χ4v) is 4.19. The molecule has 2 N–H and O–H groups in total. The zero-order valence-electron chi connectivity index (χ0n) is 18.6. The molecule has 1 aliphatic rings. The van der Waals surface area contributed by atoms with Crippen LogP contribution in [-0.2, 0) is 4.74 Å². The first kappa shape index (κ1) is 23.8. The van der Waals surface area contributed by atoms with E-state index in [-0.39, 0.29) is 17.7 Å². The third-order valence-corrected chi connectivity index (χ3v) is 6.12. The predicted octanol–water partition coefficient (Wildman–Crippen LogP) is 5.05. The highest BCUT2D eigenvalue weighted by Gasteiger charge is 2.35. The molecule has 0 bridgehead atoms. The minimum atomic E-state index is -0.994. The fraction of sp³-hybridized carbons (Fsp3) is 0.320. The van der Waals surface area contributed by atoms with Gasteiger partial charge in [-0.3, -0.25) is 9.78 Å². The molecule has 3 heterocycles. The Morgan fingerprint density at radius 1 is 1.15 bits per heavy atom. The Balaban J connectivity index is 1.63. The number of aromatic nitrogens is 2. The Bertz CT molecular complexity index is 1190. The summed E-state index contributed by atoms with van der Waals surface area (Å²) in [4.78, 5) is 20.9. The molecular formula is C25H24F3N3O3. The monoisotopic (exact) mass is 471 g/mol. The third kappa shape index (κ3) is 4.67. The fourth-order valence-electron chi connectivity index (χ4n) is 4.19. The summed E-state index contributed by atoms with van der Waals surface area (Å²) in [5.74, 6) is -3.70. The maximum Gasteiger partial charge on any atom is 0.274 e. The average molecular weight is 471 g/mol. The van der Waals surface area contributed by atoms with Gasteiger partial charge in [-0.25, -0.2) is 18.2 Å². The van der Waals surface area contributed by atoms with E-state index in [1.807, 2.05) is 13.8 Å². The number of carbonyl (C=O) groups is 1. The lowest BCUT2D eigenvalue weighted by Crippen LogP contribution is -2.39. The summed E-state index contributed by atoms with van der Waals surface area (Å²) in [6, 6.07) is 6.86. The summed E-state index contributed by atoms with van der Waals surface area (Å²) in [7, 11) is 0. The number of carbonyl (C=O) groups excluding carboxylic acids is 1. The van der Waals surface area contributed by atoms with Gasteiger partial charge in [-0.2, -0.15) is 0 Å². The maximum atomic E-state index is 14.4. The van der Waals surface area contributed by atoms with Gasteiger partial charge in [0.25, 0.3) is 5.91 Å². The normalized spacial score (nSPS) is 22.4. The van der Waals surface area contributed by atoms with Crippen molar-refractivity contribution in [3.8, 4) is 11.3 Å². The molecule has 178 valence electrons. The Labute approximate surface area is 194 Å². The van der Waals surface area contributed by atoms with Crippen LogP contribution in [0, 0.1) is 23.4 Å². The summed E-state index contributed by atoms with van der Waals surface area (Å²) in [6.45, 7) is 3.90. The van der Waals surface area contributed by atoms with Crippen LogP contribution in [0.5, 0.6) is 0 Å². The molecule has 4 rings (SSSR count). The van der Waals surface area contributed by atoms with Crippen LogP contribution in [-0.4, -0.2) is 33.2 Å². The minimum Gasteiger partial charge on any atom is -0.393 e. The Hall–Kier alpha value is -3.30. The number of hydrogen-bond acceptors (Lipinski definition) is 5. The Kier molecular flexibility index (Phi) is 6.95. The second kappa shape index (κ2) is 9.90. The average Bonchev–Trinajstić information content (AvgIpc) is 2.82. The van der Waals surface area contributed by atoms with E-state index >= 15 is 0 Å². The van der Waals surface area contributed by atoms with Crippen LogP contribution in [0.1, 0.15) is 48.8 Å². The van der Waals surface area contributed by atoms with E-state index in [1.54, 1.807) is 12.3 Å². The second-order valence-electron chi connectivity index (χ2n) is 8.27. The number of aliphatic hydroxyl groups excluding tert-OH is 1. The lowest BCUT2D eigenvalue weighted by Gasteiger charge is -2.38. The summed E-state index contributed by atoms with van der Waals surface area (Å²) >= 11 is 0. The molecule has 1 aliphatic heterocycles. The molecule has 0 unspecified atom stereocenters. The summed E-state index contributed by atoms with van der Waals surface area (Å²) < 4.78 is 48.9. The van der Waals surface area contributed by atoms with Gasteiger partial charge in [-0.15, -0.1) is 0 Å². The minimum absolute atomic E-state index is 0.0262. The van der Waals surface area contributed by atoms with E-state index < -0.39 is 46.8 Å². The summed E-state index contributed by atoms with van der Waals surface area (Å²) in [5.41, 5.74) is -0.540. The summed E-state index contributed by atoms with van der Waals surface area (Å²) in [5, 5.41) is 13.2. The Morgan fingerprint density at radius 3 is 2.59 bits per heavy atom. The lowest BCUT2D eigenvalue weighted by molar-refractivity contribution is -0.133. The molecule has 3 aromatic rings. The number of ether oxygens (including phenoxy) is 1. The first-order valence-electron chi connectivity index (χ1n) is 11.0. The first-order valence-corrected chi connectivity index (χ1v) is 11.0. The topological polar surface area (TPSA) is 84.3 Å². The number of hydrogen-bond donors (Lipinski definition) is 2. The molecule has 0 radical (unpaired) electrons. The number of amides is 1. The number of pyridine rings is 2. The quantitative estimate of drug-likeness (QED) is 0.544. The Morgan fingerprint density at radius 2 is 1.88 bits per heavy atom. The van der Waals surface area contributed by atoms with Gasteiger partial charge in [-0.05, 0) is 36.8 Å². The van der Waals surface area contributed by atoms with E-state index in [0.717, 1.165) is 36.8 Å². The number of nitrogens with zero attached hydrogens (tertiary/aromatic N) is 2. The van der Waals surface area contributed by atoms with Gasteiger partial charge >= 0.3 is 0 Å². The van der Waals surface area contributed by atoms with E-state index in [9.17, 15) is 23.1 Å². The van der Waals surface area contributed by atoms with Gasteiger partial charge in [0.1, 0.15) is 28.8 Å². The molecule has 0 saturated carbocycles.